The second-order valence-corrected chi connectivity index (χ2v) is 6.65. The van der Waals surface area contributed by atoms with Crippen molar-refractivity contribution in [2.75, 3.05) is 33.8 Å². The lowest BCUT2D eigenvalue weighted by atomic mass is 10.1. The van der Waals surface area contributed by atoms with Gasteiger partial charge in [-0.15, -0.1) is 0 Å². The van der Waals surface area contributed by atoms with Crippen LogP contribution in [0.5, 0.6) is 0 Å². The zero-order valence-electron chi connectivity index (χ0n) is 15.4. The smallest absolute Gasteiger partial charge is 0.102 e. The minimum Gasteiger partial charge on any atom is -0.550 e. The van der Waals surface area contributed by atoms with E-state index in [1.165, 1.54) is 44.9 Å². The summed E-state index contributed by atoms with van der Waals surface area (Å²) >= 11 is 0. The van der Waals surface area contributed by atoms with E-state index < -0.39 is 5.97 Å². The molecule has 4 nitrogen and oxygen atoms in total. The normalized spacial score (nSPS) is 11.0. The van der Waals surface area contributed by atoms with Crippen molar-refractivity contribution in [2.45, 2.75) is 78.1 Å². The monoisotopic (exact) mass is 317 g/mol. The number of aliphatic hydroxyl groups excluding tert-OH is 1. The number of quaternary nitrogens is 1. The molecule has 0 saturated carbocycles. The number of likely N-dealkylation sites (N-methyl/N-ethyl adjacent to an activating group) is 1. The predicted octanol–water partition coefficient (Wildman–Crippen LogP) is 2.73. The van der Waals surface area contributed by atoms with Gasteiger partial charge in [0.15, 0.2) is 0 Å². The predicted molar refractivity (Wildman–Crippen MR) is 91.5 cm³/mol. The van der Waals surface area contributed by atoms with Gasteiger partial charge >= 0.3 is 0 Å². The first-order valence-electron chi connectivity index (χ1n) is 9.02. The molecule has 0 amide bonds. The number of carbonyl (C=O) groups is 1. The molecule has 0 radical (unpaired) electrons. The molecule has 22 heavy (non-hydrogen) atoms. The van der Waals surface area contributed by atoms with Crippen LogP contribution in [0.15, 0.2) is 0 Å². The Morgan fingerprint density at radius 1 is 0.909 bits per heavy atom. The Kier molecular flexibility index (Phi) is 18.0. The lowest BCUT2D eigenvalue weighted by Crippen LogP contribution is -2.41. The number of carboxylic acids is 1. The van der Waals surface area contributed by atoms with Gasteiger partial charge in [-0.2, -0.15) is 0 Å². The molecule has 0 aromatic carbocycles. The van der Waals surface area contributed by atoms with Crippen LogP contribution < -0.4 is 5.11 Å². The summed E-state index contributed by atoms with van der Waals surface area (Å²) in [5, 5.41) is 18.6. The summed E-state index contributed by atoms with van der Waals surface area (Å²) in [4.78, 5) is 10.1. The zero-order valence-corrected chi connectivity index (χ0v) is 15.4. The highest BCUT2D eigenvalue weighted by atomic mass is 16.4. The zero-order chi connectivity index (χ0) is 17.3. The molecule has 0 saturated heterocycles. The average Bonchev–Trinajstić information content (AvgIpc) is 2.46. The van der Waals surface area contributed by atoms with E-state index in [4.69, 9.17) is 5.11 Å². The molecule has 0 aliphatic heterocycles. The van der Waals surface area contributed by atoms with Crippen LogP contribution in [-0.2, 0) is 4.79 Å². The van der Waals surface area contributed by atoms with E-state index in [-0.39, 0.29) is 6.42 Å². The fourth-order valence-electron chi connectivity index (χ4n) is 2.01. The van der Waals surface area contributed by atoms with E-state index in [9.17, 15) is 9.90 Å². The van der Waals surface area contributed by atoms with E-state index >= 15 is 0 Å². The van der Waals surface area contributed by atoms with E-state index in [1.54, 1.807) is 0 Å². The number of rotatable bonds is 13. The summed E-state index contributed by atoms with van der Waals surface area (Å²) in [5.74, 6) is -0.909. The van der Waals surface area contributed by atoms with Gasteiger partial charge in [-0.05, 0) is 19.8 Å². The maximum Gasteiger partial charge on any atom is 0.102 e. The van der Waals surface area contributed by atoms with Crippen LogP contribution in [0.4, 0.5) is 0 Å². The first-order chi connectivity index (χ1) is 10.4. The van der Waals surface area contributed by atoms with Crippen LogP contribution in [0.1, 0.15) is 78.1 Å². The van der Waals surface area contributed by atoms with Gasteiger partial charge in [-0.3, -0.25) is 0 Å². The highest BCUT2D eigenvalue weighted by Gasteiger charge is 2.08. The number of nitrogens with zero attached hydrogens (tertiary/aromatic N) is 1. The van der Waals surface area contributed by atoms with Gasteiger partial charge in [0.05, 0.1) is 27.2 Å². The maximum absolute atomic E-state index is 10.1. The molecule has 4 heteroatoms. The van der Waals surface area contributed by atoms with Crippen molar-refractivity contribution < 1.29 is 19.5 Å². The van der Waals surface area contributed by atoms with Crippen LogP contribution in [0, 0.1) is 0 Å². The first-order valence-corrected chi connectivity index (χ1v) is 9.02. The van der Waals surface area contributed by atoms with Gasteiger partial charge in [0.1, 0.15) is 6.54 Å². The van der Waals surface area contributed by atoms with Crippen LogP contribution in [-0.4, -0.2) is 49.4 Å². The van der Waals surface area contributed by atoms with Gasteiger partial charge in [0.25, 0.3) is 0 Å². The fraction of sp³-hybridized carbons (Fsp3) is 0.944. The van der Waals surface area contributed by atoms with E-state index in [1.807, 2.05) is 0 Å². The molecule has 0 spiro atoms. The number of carboxylic acid groups (broad SMARTS) is 1. The minimum atomic E-state index is -0.909. The fourth-order valence-corrected chi connectivity index (χ4v) is 2.01. The molecule has 0 atom stereocenters. The molecule has 0 heterocycles. The number of hydrogen-bond acceptors (Lipinski definition) is 3. The second kappa shape index (κ2) is 16.8. The van der Waals surface area contributed by atoms with Gasteiger partial charge < -0.3 is 19.5 Å². The number of aliphatic hydroxyl groups is 1. The summed E-state index contributed by atoms with van der Waals surface area (Å²) < 4.78 is 0.913. The Labute approximate surface area is 138 Å². The number of unbranched alkanes of at least 4 members (excludes halogenated alkanes) is 8. The van der Waals surface area contributed by atoms with Crippen LogP contribution in [0.3, 0.4) is 0 Å². The Morgan fingerprint density at radius 3 is 1.68 bits per heavy atom. The number of hydrogen-bond donors (Lipinski definition) is 1. The molecule has 0 aliphatic carbocycles. The molecule has 1 N–H and O–H groups in total. The van der Waals surface area contributed by atoms with Gasteiger partial charge in [0.2, 0.25) is 0 Å². The van der Waals surface area contributed by atoms with Gasteiger partial charge in [0, 0.05) is 5.97 Å². The van der Waals surface area contributed by atoms with Crippen molar-refractivity contribution in [3.63, 3.8) is 0 Å². The largest absolute Gasteiger partial charge is 0.550 e. The SMILES string of the molecule is CCCCCCCCCCCC(=O)[O-].CC[N+](C)(C)CCO. The highest BCUT2D eigenvalue weighted by Crippen LogP contribution is 2.10. The third-order valence-corrected chi connectivity index (χ3v) is 4.05. The van der Waals surface area contributed by atoms with Crippen molar-refractivity contribution >= 4 is 5.97 Å². The molecule has 134 valence electrons. The molecule has 0 unspecified atom stereocenters. The Hall–Kier alpha value is -0.610. The molecule has 0 rings (SSSR count). The third kappa shape index (κ3) is 21.7. The summed E-state index contributed by atoms with van der Waals surface area (Å²) in [6, 6.07) is 0. The molecular weight excluding hydrogens is 278 g/mol. The Bertz CT molecular complexity index is 242. The number of aliphatic carboxylic acids is 1. The summed E-state index contributed by atoms with van der Waals surface area (Å²) in [6.07, 6.45) is 11.2. The minimum absolute atomic E-state index is 0.232. The highest BCUT2D eigenvalue weighted by molar-refractivity contribution is 5.63. The van der Waals surface area contributed by atoms with Crippen molar-refractivity contribution in [1.82, 2.24) is 0 Å². The van der Waals surface area contributed by atoms with Gasteiger partial charge in [-0.25, -0.2) is 0 Å². The molecule has 0 aromatic rings. The number of carbonyl (C=O) groups excluding carboxylic acids is 1. The summed E-state index contributed by atoms with van der Waals surface area (Å²) in [5.41, 5.74) is 0. The van der Waals surface area contributed by atoms with Crippen LogP contribution in [0.25, 0.3) is 0 Å². The first kappa shape index (κ1) is 23.7. The van der Waals surface area contributed by atoms with E-state index in [0.717, 1.165) is 30.4 Å². The van der Waals surface area contributed by atoms with Crippen molar-refractivity contribution in [2.24, 2.45) is 0 Å². The van der Waals surface area contributed by atoms with Crippen LogP contribution in [0.2, 0.25) is 0 Å². The molecule has 0 aliphatic rings. The van der Waals surface area contributed by atoms with E-state index in [0.29, 0.717) is 6.61 Å². The van der Waals surface area contributed by atoms with Gasteiger partial charge in [-0.1, -0.05) is 58.3 Å². The maximum atomic E-state index is 10.1. The Morgan fingerprint density at radius 2 is 1.36 bits per heavy atom. The van der Waals surface area contributed by atoms with Crippen molar-refractivity contribution in [3.05, 3.63) is 0 Å². The molecule has 0 aromatic heterocycles. The quantitative estimate of drug-likeness (QED) is 0.420. The average molecular weight is 318 g/mol. The molecular formula is C18H39NO3. The lowest BCUT2D eigenvalue weighted by Gasteiger charge is -2.26. The second-order valence-electron chi connectivity index (χ2n) is 6.65. The van der Waals surface area contributed by atoms with Crippen molar-refractivity contribution in [1.29, 1.82) is 0 Å². The lowest BCUT2D eigenvalue weighted by molar-refractivity contribution is -0.888. The standard InChI is InChI=1S/C12H24O2.C6H16NO/c1-2-3-4-5-6-7-8-9-10-11-12(13)14;1-4-7(2,3)5-6-8/h2-11H2,1H3,(H,13,14);8H,4-6H2,1-3H3/q;+1/p-1. The summed E-state index contributed by atoms with van der Waals surface area (Å²) in [6.45, 7) is 6.58. The van der Waals surface area contributed by atoms with Crippen LogP contribution >= 0.6 is 0 Å². The molecule has 0 fully saturated rings. The van der Waals surface area contributed by atoms with Crippen molar-refractivity contribution in [3.8, 4) is 0 Å². The van der Waals surface area contributed by atoms with E-state index in [2.05, 4.69) is 27.9 Å². The molecule has 0 bridgehead atoms. The third-order valence-electron chi connectivity index (χ3n) is 4.05. The summed E-state index contributed by atoms with van der Waals surface area (Å²) in [7, 11) is 4.21. The topological polar surface area (TPSA) is 60.4 Å². The Balaban J connectivity index is 0.